The van der Waals surface area contributed by atoms with E-state index in [9.17, 15) is 0 Å². The smallest absolute Gasteiger partial charge is 0.123 e. The van der Waals surface area contributed by atoms with Gasteiger partial charge in [0.05, 0.1) is 25.4 Å². The standard InChI is InChI=1S/C17H26O3/c1-5-15-17(20-15)10-12(4)14-11-13(18-6-2)8-9-16(14)19-7-3/h8-9,11-12,15,17H,5-7,10H2,1-4H3. The molecular weight excluding hydrogens is 252 g/mol. The molecule has 112 valence electrons. The van der Waals surface area contributed by atoms with E-state index in [1.165, 1.54) is 5.56 Å². The number of benzene rings is 1. The summed E-state index contributed by atoms with van der Waals surface area (Å²) in [5.74, 6) is 2.30. The average Bonchev–Trinajstić information content (AvgIpc) is 3.19. The topological polar surface area (TPSA) is 31.0 Å². The predicted octanol–water partition coefficient (Wildman–Crippen LogP) is 4.16. The van der Waals surface area contributed by atoms with Crippen LogP contribution in [0.1, 0.15) is 52.0 Å². The Morgan fingerprint density at radius 3 is 2.45 bits per heavy atom. The zero-order valence-electron chi connectivity index (χ0n) is 13.0. The normalized spacial score (nSPS) is 22.4. The zero-order chi connectivity index (χ0) is 14.5. The fraction of sp³-hybridized carbons (Fsp3) is 0.647. The van der Waals surface area contributed by atoms with Crippen molar-refractivity contribution in [1.29, 1.82) is 0 Å². The van der Waals surface area contributed by atoms with E-state index in [4.69, 9.17) is 14.2 Å². The van der Waals surface area contributed by atoms with Crippen LogP contribution in [0.2, 0.25) is 0 Å². The highest BCUT2D eigenvalue weighted by Gasteiger charge is 2.38. The molecule has 3 atom stereocenters. The second-order valence-electron chi connectivity index (χ2n) is 5.32. The molecule has 0 aliphatic carbocycles. The van der Waals surface area contributed by atoms with Crippen molar-refractivity contribution in [2.75, 3.05) is 13.2 Å². The molecule has 0 spiro atoms. The molecule has 0 N–H and O–H groups in total. The van der Waals surface area contributed by atoms with Gasteiger partial charge in [0.1, 0.15) is 11.5 Å². The summed E-state index contributed by atoms with van der Waals surface area (Å²) in [7, 11) is 0. The van der Waals surface area contributed by atoms with Crippen LogP contribution in [0.25, 0.3) is 0 Å². The Morgan fingerprint density at radius 1 is 1.10 bits per heavy atom. The minimum atomic E-state index is 0.415. The summed E-state index contributed by atoms with van der Waals surface area (Å²) in [5, 5.41) is 0. The van der Waals surface area contributed by atoms with Crippen molar-refractivity contribution in [3.63, 3.8) is 0 Å². The molecular formula is C17H26O3. The van der Waals surface area contributed by atoms with Gasteiger partial charge in [-0.05, 0) is 50.8 Å². The Kier molecular flexibility index (Phi) is 5.30. The van der Waals surface area contributed by atoms with Crippen LogP contribution in [0.4, 0.5) is 0 Å². The lowest BCUT2D eigenvalue weighted by Gasteiger charge is -2.17. The zero-order valence-corrected chi connectivity index (χ0v) is 13.0. The van der Waals surface area contributed by atoms with Gasteiger partial charge in [0.2, 0.25) is 0 Å². The van der Waals surface area contributed by atoms with Gasteiger partial charge in [0.15, 0.2) is 0 Å². The van der Waals surface area contributed by atoms with Gasteiger partial charge >= 0.3 is 0 Å². The summed E-state index contributed by atoms with van der Waals surface area (Å²) in [6, 6.07) is 6.11. The fourth-order valence-corrected chi connectivity index (χ4v) is 2.68. The first-order valence-electron chi connectivity index (χ1n) is 7.74. The molecule has 0 radical (unpaired) electrons. The van der Waals surface area contributed by atoms with E-state index in [2.05, 4.69) is 19.9 Å². The minimum Gasteiger partial charge on any atom is -0.494 e. The Labute approximate surface area is 122 Å². The summed E-state index contributed by atoms with van der Waals surface area (Å²) < 4.78 is 17.0. The van der Waals surface area contributed by atoms with Gasteiger partial charge in [-0.15, -0.1) is 0 Å². The predicted molar refractivity (Wildman–Crippen MR) is 80.8 cm³/mol. The number of hydrogen-bond acceptors (Lipinski definition) is 3. The molecule has 1 saturated heterocycles. The van der Waals surface area contributed by atoms with Gasteiger partial charge in [-0.25, -0.2) is 0 Å². The maximum atomic E-state index is 5.75. The minimum absolute atomic E-state index is 0.415. The van der Waals surface area contributed by atoms with Crippen molar-refractivity contribution in [3.8, 4) is 11.5 Å². The van der Waals surface area contributed by atoms with Gasteiger partial charge in [-0.1, -0.05) is 13.8 Å². The maximum Gasteiger partial charge on any atom is 0.123 e. The number of hydrogen-bond donors (Lipinski definition) is 0. The summed E-state index contributed by atoms with van der Waals surface area (Å²) in [4.78, 5) is 0. The monoisotopic (exact) mass is 278 g/mol. The number of ether oxygens (including phenoxy) is 3. The molecule has 1 aliphatic heterocycles. The molecule has 1 fully saturated rings. The molecule has 3 nitrogen and oxygen atoms in total. The quantitative estimate of drug-likeness (QED) is 0.669. The number of epoxide rings is 1. The SMILES string of the molecule is CCOc1ccc(OCC)c(C(C)CC2OC2CC)c1. The largest absolute Gasteiger partial charge is 0.494 e. The van der Waals surface area contributed by atoms with Crippen LogP contribution >= 0.6 is 0 Å². The van der Waals surface area contributed by atoms with Crippen LogP contribution < -0.4 is 9.47 Å². The van der Waals surface area contributed by atoms with Crippen LogP contribution in [-0.2, 0) is 4.74 Å². The summed E-state index contributed by atoms with van der Waals surface area (Å²) in [5.41, 5.74) is 1.23. The Balaban J connectivity index is 2.11. The molecule has 3 heteroatoms. The van der Waals surface area contributed by atoms with E-state index in [0.29, 0.717) is 31.3 Å². The Bertz CT molecular complexity index is 430. The molecule has 0 saturated carbocycles. The first-order valence-corrected chi connectivity index (χ1v) is 7.74. The van der Waals surface area contributed by atoms with E-state index in [-0.39, 0.29) is 0 Å². The highest BCUT2D eigenvalue weighted by Crippen LogP contribution is 2.38. The van der Waals surface area contributed by atoms with Crippen LogP contribution in [0.15, 0.2) is 18.2 Å². The summed E-state index contributed by atoms with van der Waals surface area (Å²) in [6.45, 7) is 9.81. The van der Waals surface area contributed by atoms with Crippen molar-refractivity contribution in [2.24, 2.45) is 0 Å². The third-order valence-corrected chi connectivity index (χ3v) is 3.80. The average molecular weight is 278 g/mol. The first-order chi connectivity index (χ1) is 9.69. The van der Waals surface area contributed by atoms with Gasteiger partial charge in [0, 0.05) is 5.56 Å². The fourth-order valence-electron chi connectivity index (χ4n) is 2.68. The van der Waals surface area contributed by atoms with E-state index in [0.717, 1.165) is 24.3 Å². The van der Waals surface area contributed by atoms with Crippen LogP contribution in [-0.4, -0.2) is 25.4 Å². The molecule has 1 aromatic carbocycles. The third-order valence-electron chi connectivity index (χ3n) is 3.80. The Morgan fingerprint density at radius 2 is 1.85 bits per heavy atom. The van der Waals surface area contributed by atoms with E-state index >= 15 is 0 Å². The first kappa shape index (κ1) is 15.2. The molecule has 2 rings (SSSR count). The Hall–Kier alpha value is -1.22. The van der Waals surface area contributed by atoms with Crippen LogP contribution in [0.3, 0.4) is 0 Å². The van der Waals surface area contributed by atoms with Crippen molar-refractivity contribution in [1.82, 2.24) is 0 Å². The molecule has 0 bridgehead atoms. The van der Waals surface area contributed by atoms with Crippen LogP contribution in [0, 0.1) is 0 Å². The van der Waals surface area contributed by atoms with Crippen molar-refractivity contribution in [2.45, 2.75) is 58.7 Å². The highest BCUT2D eigenvalue weighted by atomic mass is 16.6. The third kappa shape index (κ3) is 3.66. The van der Waals surface area contributed by atoms with Crippen molar-refractivity contribution >= 4 is 0 Å². The van der Waals surface area contributed by atoms with Crippen molar-refractivity contribution in [3.05, 3.63) is 23.8 Å². The summed E-state index contributed by atoms with van der Waals surface area (Å²) >= 11 is 0. The van der Waals surface area contributed by atoms with Crippen LogP contribution in [0.5, 0.6) is 11.5 Å². The number of rotatable bonds is 8. The highest BCUT2D eigenvalue weighted by molar-refractivity contribution is 5.42. The summed E-state index contributed by atoms with van der Waals surface area (Å²) in [6.07, 6.45) is 3.03. The second kappa shape index (κ2) is 6.98. The molecule has 0 aromatic heterocycles. The molecule has 1 aliphatic rings. The lowest BCUT2D eigenvalue weighted by molar-refractivity contribution is 0.321. The molecule has 1 heterocycles. The van der Waals surface area contributed by atoms with Gasteiger partial charge in [0.25, 0.3) is 0 Å². The molecule has 1 aromatic rings. The molecule has 0 amide bonds. The lowest BCUT2D eigenvalue weighted by atomic mass is 9.94. The molecule has 3 unspecified atom stereocenters. The second-order valence-corrected chi connectivity index (χ2v) is 5.32. The van der Waals surface area contributed by atoms with E-state index in [1.54, 1.807) is 0 Å². The van der Waals surface area contributed by atoms with Crippen molar-refractivity contribution < 1.29 is 14.2 Å². The van der Waals surface area contributed by atoms with Gasteiger partial charge in [-0.2, -0.15) is 0 Å². The van der Waals surface area contributed by atoms with E-state index < -0.39 is 0 Å². The molecule has 20 heavy (non-hydrogen) atoms. The lowest BCUT2D eigenvalue weighted by Crippen LogP contribution is -2.05. The maximum absolute atomic E-state index is 5.75. The van der Waals surface area contributed by atoms with Gasteiger partial charge in [-0.3, -0.25) is 0 Å². The van der Waals surface area contributed by atoms with E-state index in [1.807, 2.05) is 26.0 Å². The van der Waals surface area contributed by atoms with Gasteiger partial charge < -0.3 is 14.2 Å².